The quantitative estimate of drug-likeness (QED) is 0.821. The third kappa shape index (κ3) is 1.81. The number of H-pyrrole nitrogens is 1. The molecule has 1 aromatic carbocycles. The molecule has 15 heavy (non-hydrogen) atoms. The number of methoxy groups -OCH3 is 1. The summed E-state index contributed by atoms with van der Waals surface area (Å²) in [6.45, 7) is 2.08. The number of nitrogens with zero attached hydrogens (tertiary/aromatic N) is 3. The van der Waals surface area contributed by atoms with Crippen LogP contribution in [0.4, 0.5) is 0 Å². The average molecular weight is 204 g/mol. The molecule has 0 atom stereocenters. The van der Waals surface area contributed by atoms with E-state index in [1.165, 1.54) is 0 Å². The van der Waals surface area contributed by atoms with Crippen LogP contribution in [0.2, 0.25) is 0 Å². The Labute approximate surface area is 87.5 Å². The van der Waals surface area contributed by atoms with E-state index in [4.69, 9.17) is 4.74 Å². The number of aromatic nitrogens is 4. The van der Waals surface area contributed by atoms with E-state index >= 15 is 0 Å². The molecule has 0 aliphatic rings. The normalized spacial score (nSPS) is 10.3. The fourth-order valence-electron chi connectivity index (χ4n) is 1.48. The molecule has 78 valence electrons. The first-order chi connectivity index (χ1) is 7.35. The second-order valence-corrected chi connectivity index (χ2v) is 3.12. The molecule has 1 heterocycles. The highest BCUT2D eigenvalue weighted by molar-refractivity contribution is 5.57. The Balaban J connectivity index is 2.43. The molecule has 0 aliphatic heterocycles. The molecule has 0 bridgehead atoms. The van der Waals surface area contributed by atoms with Gasteiger partial charge in [0.1, 0.15) is 5.75 Å². The highest BCUT2D eigenvalue weighted by Crippen LogP contribution is 2.24. The lowest BCUT2D eigenvalue weighted by Crippen LogP contribution is -1.91. The van der Waals surface area contributed by atoms with E-state index in [9.17, 15) is 0 Å². The zero-order valence-corrected chi connectivity index (χ0v) is 8.69. The van der Waals surface area contributed by atoms with E-state index in [0.29, 0.717) is 5.82 Å². The van der Waals surface area contributed by atoms with Crippen LogP contribution in [0.25, 0.3) is 11.4 Å². The molecule has 0 amide bonds. The summed E-state index contributed by atoms with van der Waals surface area (Å²) in [6, 6.07) is 5.86. The van der Waals surface area contributed by atoms with Crippen molar-refractivity contribution in [3.05, 3.63) is 23.8 Å². The largest absolute Gasteiger partial charge is 0.496 e. The van der Waals surface area contributed by atoms with Gasteiger partial charge >= 0.3 is 0 Å². The van der Waals surface area contributed by atoms with E-state index in [2.05, 4.69) is 27.5 Å². The maximum Gasteiger partial charge on any atom is 0.204 e. The zero-order valence-electron chi connectivity index (χ0n) is 8.69. The number of nitrogens with one attached hydrogen (secondary N) is 1. The molecule has 1 N–H and O–H groups in total. The Morgan fingerprint density at radius 2 is 2.27 bits per heavy atom. The number of benzene rings is 1. The van der Waals surface area contributed by atoms with Gasteiger partial charge < -0.3 is 4.74 Å². The first-order valence-corrected chi connectivity index (χ1v) is 4.76. The smallest absolute Gasteiger partial charge is 0.204 e. The van der Waals surface area contributed by atoms with Crippen LogP contribution >= 0.6 is 0 Å². The van der Waals surface area contributed by atoms with Crippen molar-refractivity contribution in [2.24, 2.45) is 0 Å². The summed E-state index contributed by atoms with van der Waals surface area (Å²) in [6.07, 6.45) is 0.912. The van der Waals surface area contributed by atoms with Crippen LogP contribution in [0, 0.1) is 0 Å². The minimum absolute atomic E-state index is 0.604. The first kappa shape index (κ1) is 9.64. The lowest BCUT2D eigenvalue weighted by atomic mass is 10.1. The molecule has 5 heteroatoms. The summed E-state index contributed by atoms with van der Waals surface area (Å²) in [7, 11) is 1.67. The van der Waals surface area contributed by atoms with E-state index in [-0.39, 0.29) is 0 Å². The van der Waals surface area contributed by atoms with Crippen molar-refractivity contribution in [2.75, 3.05) is 7.11 Å². The Kier molecular flexibility index (Phi) is 2.62. The van der Waals surface area contributed by atoms with Crippen LogP contribution in [0.3, 0.4) is 0 Å². The van der Waals surface area contributed by atoms with Crippen molar-refractivity contribution in [1.82, 2.24) is 20.6 Å². The van der Waals surface area contributed by atoms with Gasteiger partial charge in [0.05, 0.1) is 7.11 Å². The maximum atomic E-state index is 5.24. The van der Waals surface area contributed by atoms with E-state index in [1.54, 1.807) is 7.11 Å². The molecule has 5 nitrogen and oxygen atoms in total. The highest BCUT2D eigenvalue weighted by Gasteiger charge is 2.06. The summed E-state index contributed by atoms with van der Waals surface area (Å²) in [5.41, 5.74) is 2.08. The second-order valence-electron chi connectivity index (χ2n) is 3.12. The number of tetrazole rings is 1. The van der Waals surface area contributed by atoms with Gasteiger partial charge in [0.2, 0.25) is 5.82 Å². The fourth-order valence-corrected chi connectivity index (χ4v) is 1.48. The highest BCUT2D eigenvalue weighted by atomic mass is 16.5. The Bertz CT molecular complexity index is 439. The van der Waals surface area contributed by atoms with Crippen LogP contribution in [0.15, 0.2) is 18.2 Å². The van der Waals surface area contributed by atoms with Crippen LogP contribution in [0.1, 0.15) is 12.5 Å². The third-order valence-electron chi connectivity index (χ3n) is 2.26. The zero-order chi connectivity index (χ0) is 10.7. The van der Waals surface area contributed by atoms with Crippen molar-refractivity contribution in [3.8, 4) is 17.1 Å². The molecule has 0 spiro atoms. The van der Waals surface area contributed by atoms with Crippen molar-refractivity contribution in [2.45, 2.75) is 13.3 Å². The van der Waals surface area contributed by atoms with Crippen molar-refractivity contribution >= 4 is 0 Å². The van der Waals surface area contributed by atoms with Crippen molar-refractivity contribution in [3.63, 3.8) is 0 Å². The SMILES string of the molecule is CCc1cc(-c2nn[nH]n2)ccc1OC. The standard InChI is InChI=1S/C10H12N4O/c1-3-7-6-8(4-5-9(7)15-2)10-11-13-14-12-10/h4-6H,3H2,1-2H3,(H,11,12,13,14). The molecule has 0 radical (unpaired) electrons. The van der Waals surface area contributed by atoms with Gasteiger partial charge in [-0.3, -0.25) is 0 Å². The summed E-state index contributed by atoms with van der Waals surface area (Å²) in [4.78, 5) is 0. The molecule has 1 aromatic heterocycles. The molecule has 0 saturated heterocycles. The van der Waals surface area contributed by atoms with Gasteiger partial charge in [-0.05, 0) is 35.4 Å². The van der Waals surface area contributed by atoms with Crippen molar-refractivity contribution in [1.29, 1.82) is 0 Å². The minimum Gasteiger partial charge on any atom is -0.496 e. The number of ether oxygens (including phenoxy) is 1. The Morgan fingerprint density at radius 1 is 1.40 bits per heavy atom. The number of aromatic amines is 1. The Morgan fingerprint density at radius 3 is 2.87 bits per heavy atom. The summed E-state index contributed by atoms with van der Waals surface area (Å²) < 4.78 is 5.24. The Hall–Kier alpha value is -1.91. The number of hydrogen-bond donors (Lipinski definition) is 1. The van der Waals surface area contributed by atoms with E-state index < -0.39 is 0 Å². The van der Waals surface area contributed by atoms with Crippen LogP contribution < -0.4 is 4.74 Å². The van der Waals surface area contributed by atoms with Gasteiger partial charge in [-0.25, -0.2) is 0 Å². The number of rotatable bonds is 3. The maximum absolute atomic E-state index is 5.24. The van der Waals surface area contributed by atoms with Gasteiger partial charge in [-0.1, -0.05) is 6.92 Å². The van der Waals surface area contributed by atoms with E-state index in [0.717, 1.165) is 23.3 Å². The summed E-state index contributed by atoms with van der Waals surface area (Å²) in [5.74, 6) is 1.50. The molecule has 2 aromatic rings. The molecular weight excluding hydrogens is 192 g/mol. The van der Waals surface area contributed by atoms with Crippen LogP contribution in [0.5, 0.6) is 5.75 Å². The van der Waals surface area contributed by atoms with E-state index in [1.807, 2.05) is 18.2 Å². The molecule has 2 rings (SSSR count). The third-order valence-corrected chi connectivity index (χ3v) is 2.26. The number of hydrogen-bond acceptors (Lipinski definition) is 4. The fraction of sp³-hybridized carbons (Fsp3) is 0.300. The molecule has 0 saturated carbocycles. The van der Waals surface area contributed by atoms with Gasteiger partial charge in [-0.15, -0.1) is 10.2 Å². The second kappa shape index (κ2) is 4.08. The lowest BCUT2D eigenvalue weighted by Gasteiger charge is -2.07. The van der Waals surface area contributed by atoms with Gasteiger partial charge in [-0.2, -0.15) is 5.21 Å². The lowest BCUT2D eigenvalue weighted by molar-refractivity contribution is 0.410. The van der Waals surface area contributed by atoms with Crippen molar-refractivity contribution < 1.29 is 4.74 Å². The van der Waals surface area contributed by atoms with Gasteiger partial charge in [0.25, 0.3) is 0 Å². The molecular formula is C10H12N4O. The topological polar surface area (TPSA) is 63.7 Å². The predicted molar refractivity (Wildman–Crippen MR) is 55.5 cm³/mol. The average Bonchev–Trinajstić information content (AvgIpc) is 2.81. The van der Waals surface area contributed by atoms with Crippen LogP contribution in [-0.4, -0.2) is 27.7 Å². The molecule has 0 aliphatic carbocycles. The molecule has 0 fully saturated rings. The molecule has 0 unspecified atom stereocenters. The summed E-state index contributed by atoms with van der Waals surface area (Å²) >= 11 is 0. The van der Waals surface area contributed by atoms with Crippen LogP contribution in [-0.2, 0) is 6.42 Å². The van der Waals surface area contributed by atoms with Gasteiger partial charge in [0.15, 0.2) is 0 Å². The monoisotopic (exact) mass is 204 g/mol. The minimum atomic E-state index is 0.604. The van der Waals surface area contributed by atoms with Gasteiger partial charge in [0, 0.05) is 5.56 Å². The summed E-state index contributed by atoms with van der Waals surface area (Å²) in [5, 5.41) is 13.8. The first-order valence-electron chi connectivity index (χ1n) is 4.76. The predicted octanol–water partition coefficient (Wildman–Crippen LogP) is 1.44. The number of aryl methyl sites for hydroxylation is 1.